The minimum Gasteiger partial charge on any atom is -0.395 e. The number of aliphatic hydroxyl groups is 1. The van der Waals surface area contributed by atoms with Crippen LogP contribution in [0.4, 0.5) is 13.2 Å². The van der Waals surface area contributed by atoms with Crippen molar-refractivity contribution >= 4 is 21.6 Å². The number of rotatable bonds is 4. The van der Waals surface area contributed by atoms with Gasteiger partial charge in [-0.2, -0.15) is 13.2 Å². The molecule has 0 radical (unpaired) electrons. The number of sulfonamides is 1. The van der Waals surface area contributed by atoms with E-state index >= 15 is 0 Å². The molecule has 0 saturated heterocycles. The monoisotopic (exact) mass is 341 g/mol. The van der Waals surface area contributed by atoms with Crippen LogP contribution in [0.2, 0.25) is 5.02 Å². The summed E-state index contributed by atoms with van der Waals surface area (Å²) in [6, 6.07) is 3.62. The van der Waals surface area contributed by atoms with Gasteiger partial charge in [0.05, 0.1) is 11.6 Å². The van der Waals surface area contributed by atoms with E-state index in [1.165, 1.54) is 16.9 Å². The first-order chi connectivity index (χ1) is 9.65. The maximum Gasteiger partial charge on any atom is 0.402 e. The van der Waals surface area contributed by atoms with Crippen molar-refractivity contribution in [1.29, 1.82) is 0 Å². The van der Waals surface area contributed by atoms with Gasteiger partial charge in [-0.15, -0.1) is 0 Å². The molecule has 21 heavy (non-hydrogen) atoms. The third-order valence-electron chi connectivity index (χ3n) is 2.15. The van der Waals surface area contributed by atoms with E-state index in [0.29, 0.717) is 5.56 Å². The predicted octanol–water partition coefficient (Wildman–Crippen LogP) is 1.91. The molecule has 0 aliphatic heterocycles. The van der Waals surface area contributed by atoms with Crippen LogP contribution in [0.5, 0.6) is 0 Å². The maximum atomic E-state index is 12.0. The first-order valence-electron chi connectivity index (χ1n) is 5.61. The van der Waals surface area contributed by atoms with E-state index in [1.54, 1.807) is 0 Å². The van der Waals surface area contributed by atoms with Crippen LogP contribution < -0.4 is 4.72 Å². The van der Waals surface area contributed by atoms with Crippen molar-refractivity contribution in [3.63, 3.8) is 0 Å². The number of nitrogens with one attached hydrogen (secondary N) is 1. The first-order valence-corrected chi connectivity index (χ1v) is 7.47. The van der Waals surface area contributed by atoms with Gasteiger partial charge in [-0.05, 0) is 18.2 Å². The third kappa shape index (κ3) is 5.93. The van der Waals surface area contributed by atoms with Crippen molar-refractivity contribution in [2.45, 2.75) is 17.5 Å². The molecule has 9 heteroatoms. The fraction of sp³-hybridized carbons (Fsp3) is 0.333. The molecule has 0 unspecified atom stereocenters. The van der Waals surface area contributed by atoms with Gasteiger partial charge in [-0.3, -0.25) is 0 Å². The topological polar surface area (TPSA) is 66.4 Å². The van der Waals surface area contributed by atoms with Crippen LogP contribution in [0, 0.1) is 11.8 Å². The van der Waals surface area contributed by atoms with Crippen LogP contribution >= 0.6 is 11.6 Å². The smallest absolute Gasteiger partial charge is 0.395 e. The Kier molecular flexibility index (Phi) is 6.04. The van der Waals surface area contributed by atoms with Crippen molar-refractivity contribution in [3.8, 4) is 11.8 Å². The predicted molar refractivity (Wildman–Crippen MR) is 71.3 cm³/mol. The summed E-state index contributed by atoms with van der Waals surface area (Å²) in [6.45, 7) is -1.79. The summed E-state index contributed by atoms with van der Waals surface area (Å²) in [5, 5.41) is 8.33. The van der Waals surface area contributed by atoms with E-state index in [9.17, 15) is 21.6 Å². The number of aliphatic hydroxyl groups excluding tert-OH is 1. The van der Waals surface area contributed by atoms with E-state index in [4.69, 9.17) is 16.7 Å². The summed E-state index contributed by atoms with van der Waals surface area (Å²) >= 11 is 5.76. The van der Waals surface area contributed by atoms with Crippen molar-refractivity contribution in [2.75, 3.05) is 13.2 Å². The summed E-state index contributed by atoms with van der Waals surface area (Å²) in [4.78, 5) is -0.457. The molecule has 0 aliphatic carbocycles. The van der Waals surface area contributed by atoms with E-state index in [1.807, 2.05) is 0 Å². The Hall–Kier alpha value is -1.27. The summed E-state index contributed by atoms with van der Waals surface area (Å²) in [5.74, 6) is 5.24. The van der Waals surface area contributed by atoms with E-state index in [2.05, 4.69) is 11.8 Å². The molecule has 1 rings (SSSR count). The molecule has 2 N–H and O–H groups in total. The zero-order valence-electron chi connectivity index (χ0n) is 10.5. The molecule has 1 aromatic rings. The van der Waals surface area contributed by atoms with Gasteiger partial charge in [-0.1, -0.05) is 23.4 Å². The molecule has 0 atom stereocenters. The number of halogens is 4. The van der Waals surface area contributed by atoms with Gasteiger partial charge >= 0.3 is 6.18 Å². The Morgan fingerprint density at radius 3 is 2.52 bits per heavy atom. The molecule has 1 aromatic carbocycles. The SMILES string of the molecule is O=S(=O)(NCC(F)(F)F)c1ccc(C#CCCO)cc1Cl. The van der Waals surface area contributed by atoms with Crippen LogP contribution in [-0.4, -0.2) is 32.9 Å². The first kappa shape index (κ1) is 17.8. The van der Waals surface area contributed by atoms with Gasteiger partial charge < -0.3 is 5.11 Å². The molecule has 0 aromatic heterocycles. The molecular weight excluding hydrogens is 331 g/mol. The normalized spacial score (nSPS) is 11.9. The van der Waals surface area contributed by atoms with Crippen LogP contribution in [0.3, 0.4) is 0 Å². The fourth-order valence-electron chi connectivity index (χ4n) is 1.27. The van der Waals surface area contributed by atoms with Gasteiger partial charge in [0, 0.05) is 12.0 Å². The second-order valence-electron chi connectivity index (χ2n) is 3.86. The molecule has 116 valence electrons. The van der Waals surface area contributed by atoms with Gasteiger partial charge in [0.2, 0.25) is 10.0 Å². The van der Waals surface area contributed by atoms with Crippen molar-refractivity contribution < 1.29 is 26.7 Å². The lowest BCUT2D eigenvalue weighted by molar-refractivity contribution is -0.121. The highest BCUT2D eigenvalue weighted by molar-refractivity contribution is 7.89. The Balaban J connectivity index is 2.97. The van der Waals surface area contributed by atoms with E-state index in [-0.39, 0.29) is 18.1 Å². The summed E-state index contributed by atoms with van der Waals surface area (Å²) in [6.07, 6.45) is -4.42. The second kappa shape index (κ2) is 7.13. The zero-order valence-corrected chi connectivity index (χ0v) is 12.1. The molecule has 0 amide bonds. The summed E-state index contributed by atoms with van der Waals surface area (Å²) in [5.41, 5.74) is 0.392. The zero-order chi connectivity index (χ0) is 16.1. The molecule has 0 bridgehead atoms. The molecule has 0 aliphatic rings. The number of alkyl halides is 3. The maximum absolute atomic E-state index is 12.0. The second-order valence-corrected chi connectivity index (χ2v) is 6.00. The Labute approximate surface area is 125 Å². The van der Waals surface area contributed by atoms with Gasteiger partial charge in [0.1, 0.15) is 11.4 Å². The summed E-state index contributed by atoms with van der Waals surface area (Å²) < 4.78 is 61.0. The van der Waals surface area contributed by atoms with Crippen LogP contribution in [0.1, 0.15) is 12.0 Å². The Morgan fingerprint density at radius 2 is 2.00 bits per heavy atom. The molecule has 4 nitrogen and oxygen atoms in total. The average molecular weight is 342 g/mol. The lowest BCUT2D eigenvalue weighted by Crippen LogP contribution is -2.33. The van der Waals surface area contributed by atoms with Crippen LogP contribution in [-0.2, 0) is 10.0 Å². The van der Waals surface area contributed by atoms with Crippen molar-refractivity contribution in [2.24, 2.45) is 0 Å². The highest BCUT2D eigenvalue weighted by Crippen LogP contribution is 2.23. The molecule has 0 spiro atoms. The lowest BCUT2D eigenvalue weighted by Gasteiger charge is -2.10. The largest absolute Gasteiger partial charge is 0.402 e. The number of hydrogen-bond acceptors (Lipinski definition) is 3. The minimum atomic E-state index is -4.66. The van der Waals surface area contributed by atoms with Gasteiger partial charge in [0.25, 0.3) is 0 Å². The Morgan fingerprint density at radius 1 is 1.33 bits per heavy atom. The molecule has 0 heterocycles. The lowest BCUT2D eigenvalue weighted by atomic mass is 10.2. The molecule has 0 saturated carbocycles. The highest BCUT2D eigenvalue weighted by Gasteiger charge is 2.30. The standard InChI is InChI=1S/C12H11ClF3NO3S/c13-10-7-9(3-1-2-6-18)4-5-11(10)21(19,20)17-8-12(14,15)16/h4-5,7,17-18H,2,6,8H2. The third-order valence-corrected chi connectivity index (χ3v) is 4.04. The summed E-state index contributed by atoms with van der Waals surface area (Å²) in [7, 11) is -4.36. The van der Waals surface area contributed by atoms with Crippen molar-refractivity contribution in [1.82, 2.24) is 4.72 Å². The average Bonchev–Trinajstić information content (AvgIpc) is 2.36. The number of benzene rings is 1. The minimum absolute atomic E-state index is 0.117. The van der Waals surface area contributed by atoms with Crippen LogP contribution in [0.15, 0.2) is 23.1 Å². The Bertz CT molecular complexity index is 663. The highest BCUT2D eigenvalue weighted by atomic mass is 35.5. The van der Waals surface area contributed by atoms with Crippen molar-refractivity contribution in [3.05, 3.63) is 28.8 Å². The fourth-order valence-corrected chi connectivity index (χ4v) is 2.83. The van der Waals surface area contributed by atoms with Gasteiger partial charge in [-0.25, -0.2) is 13.1 Å². The van der Waals surface area contributed by atoms with E-state index < -0.39 is 27.6 Å². The molecule has 0 fully saturated rings. The quantitative estimate of drug-likeness (QED) is 0.822. The van der Waals surface area contributed by atoms with Gasteiger partial charge in [0.15, 0.2) is 0 Å². The molecular formula is C12H11ClF3NO3S. The van der Waals surface area contributed by atoms with E-state index in [0.717, 1.165) is 6.07 Å². The number of hydrogen-bond donors (Lipinski definition) is 2. The van der Waals surface area contributed by atoms with Crippen LogP contribution in [0.25, 0.3) is 0 Å².